The van der Waals surface area contributed by atoms with E-state index in [0.29, 0.717) is 0 Å². The maximum absolute atomic E-state index is 11.2. The highest BCUT2D eigenvalue weighted by Crippen LogP contribution is 2.22. The largest absolute Gasteiger partial charge is 0.865 e. The highest BCUT2D eigenvalue weighted by Gasteiger charge is 2.23. The zero-order valence-electron chi connectivity index (χ0n) is 9.23. The van der Waals surface area contributed by atoms with E-state index in [1.807, 2.05) is 19.0 Å². The number of aromatic nitrogens is 1. The van der Waals surface area contributed by atoms with Crippen LogP contribution >= 0.6 is 15.9 Å². The van der Waals surface area contributed by atoms with Crippen molar-refractivity contribution in [1.82, 2.24) is 0 Å². The topological polar surface area (TPSA) is 64.3 Å². The highest BCUT2D eigenvalue weighted by atomic mass is 79.9. The number of nitrogens with zero attached hydrogens (tertiary/aromatic N) is 2. The minimum Gasteiger partial charge on any atom is -0.865 e. The lowest BCUT2D eigenvalue weighted by Gasteiger charge is -2.14. The predicted octanol–water partition coefficient (Wildman–Crippen LogP) is -0.539. The van der Waals surface area contributed by atoms with E-state index >= 15 is 0 Å². The van der Waals surface area contributed by atoms with Crippen LogP contribution in [-0.4, -0.2) is 14.1 Å². The third-order valence-corrected chi connectivity index (χ3v) is 3.08. The molecule has 2 aromatic rings. The second-order valence-electron chi connectivity index (χ2n) is 3.82. The normalized spacial score (nSPS) is 10.8. The van der Waals surface area contributed by atoms with Gasteiger partial charge in [0, 0.05) is 25.9 Å². The Bertz CT molecular complexity index is 657. The monoisotopic (exact) mass is 296 g/mol. The van der Waals surface area contributed by atoms with Gasteiger partial charge in [-0.3, -0.25) is 9.59 Å². The van der Waals surface area contributed by atoms with E-state index in [4.69, 9.17) is 0 Å². The van der Waals surface area contributed by atoms with Crippen molar-refractivity contribution >= 4 is 21.6 Å². The summed E-state index contributed by atoms with van der Waals surface area (Å²) in [5.41, 5.74) is -0.863. The van der Waals surface area contributed by atoms with Crippen molar-refractivity contribution < 1.29 is 9.67 Å². The molecule has 88 valence electrons. The molecule has 0 fully saturated rings. The van der Waals surface area contributed by atoms with Crippen LogP contribution in [0, 0.1) is 0 Å². The highest BCUT2D eigenvalue weighted by molar-refractivity contribution is 9.10. The van der Waals surface area contributed by atoms with Crippen LogP contribution < -0.4 is 25.4 Å². The summed E-state index contributed by atoms with van der Waals surface area (Å²) < 4.78 is 2.10. The van der Waals surface area contributed by atoms with E-state index < -0.39 is 16.6 Å². The molecule has 0 saturated heterocycles. The average Bonchev–Trinajstić information content (AvgIpc) is 2.28. The zero-order valence-corrected chi connectivity index (χ0v) is 10.8. The standard InChI is InChI=1S/C11H9BrN2O3/c1-13(2)7-3-4-14(5-6(7)12)8-9(15)11(17)10(8)16/h3-5H,1-2H3. The molecule has 0 aliphatic rings. The van der Waals surface area contributed by atoms with E-state index in [1.165, 1.54) is 4.57 Å². The van der Waals surface area contributed by atoms with E-state index in [0.717, 1.165) is 10.2 Å². The summed E-state index contributed by atoms with van der Waals surface area (Å²) in [6.45, 7) is 0. The number of rotatable bonds is 2. The molecule has 0 aliphatic heterocycles. The van der Waals surface area contributed by atoms with E-state index in [9.17, 15) is 14.7 Å². The number of pyridine rings is 1. The second-order valence-corrected chi connectivity index (χ2v) is 4.67. The molecule has 6 heteroatoms. The van der Waals surface area contributed by atoms with Gasteiger partial charge in [-0.15, -0.1) is 0 Å². The molecule has 0 amide bonds. The van der Waals surface area contributed by atoms with Crippen LogP contribution in [0.1, 0.15) is 0 Å². The molecule has 0 radical (unpaired) electrons. The van der Waals surface area contributed by atoms with Crippen LogP contribution in [0.15, 0.2) is 32.5 Å². The first-order valence-corrected chi connectivity index (χ1v) is 5.61. The summed E-state index contributed by atoms with van der Waals surface area (Å²) in [4.78, 5) is 24.0. The summed E-state index contributed by atoms with van der Waals surface area (Å²) in [5, 5.41) is 11.2. The van der Waals surface area contributed by atoms with Gasteiger partial charge in [-0.25, -0.2) is 0 Å². The van der Waals surface area contributed by atoms with Crippen molar-refractivity contribution in [3.63, 3.8) is 0 Å². The maximum Gasteiger partial charge on any atom is 0.296 e. The Hall–Kier alpha value is -1.69. The third-order valence-electron chi connectivity index (χ3n) is 2.47. The fraction of sp³-hybridized carbons (Fsp3) is 0.182. The fourth-order valence-electron chi connectivity index (χ4n) is 1.56. The first-order chi connectivity index (χ1) is 7.93. The van der Waals surface area contributed by atoms with E-state index in [1.54, 1.807) is 18.5 Å². The van der Waals surface area contributed by atoms with Gasteiger partial charge in [-0.05, 0) is 15.9 Å². The molecule has 0 atom stereocenters. The summed E-state index contributed by atoms with van der Waals surface area (Å²) in [6.07, 6.45) is 3.17. The second kappa shape index (κ2) is 3.96. The van der Waals surface area contributed by atoms with E-state index in [2.05, 4.69) is 15.9 Å². The van der Waals surface area contributed by atoms with Gasteiger partial charge >= 0.3 is 0 Å². The average molecular weight is 297 g/mol. The molecular formula is C11H9BrN2O3. The first-order valence-electron chi connectivity index (χ1n) is 4.82. The Morgan fingerprint density at radius 3 is 2.41 bits per heavy atom. The van der Waals surface area contributed by atoms with Crippen molar-refractivity contribution in [3.8, 4) is 11.4 Å². The van der Waals surface area contributed by atoms with Gasteiger partial charge in [0.2, 0.25) is 5.43 Å². The summed E-state index contributed by atoms with van der Waals surface area (Å²) in [7, 11) is 3.75. The number of hydrogen-bond acceptors (Lipinski definition) is 4. The van der Waals surface area contributed by atoms with Crippen molar-refractivity contribution in [2.45, 2.75) is 0 Å². The number of halogens is 1. The molecule has 0 unspecified atom stereocenters. The van der Waals surface area contributed by atoms with Crippen LogP contribution in [0.3, 0.4) is 0 Å². The molecule has 0 saturated carbocycles. The van der Waals surface area contributed by atoms with Crippen molar-refractivity contribution in [2.75, 3.05) is 19.0 Å². The predicted molar refractivity (Wildman–Crippen MR) is 64.4 cm³/mol. The molecule has 0 N–H and O–H groups in total. The van der Waals surface area contributed by atoms with Gasteiger partial charge in [-0.2, -0.15) is 4.57 Å². The number of hydrogen-bond donors (Lipinski definition) is 0. The minimum atomic E-state index is -0.944. The van der Waals surface area contributed by atoms with Crippen LogP contribution in [0.2, 0.25) is 0 Å². The van der Waals surface area contributed by atoms with Crippen LogP contribution in [0.4, 0.5) is 5.69 Å². The molecule has 0 bridgehead atoms. The molecule has 0 aliphatic carbocycles. The lowest BCUT2D eigenvalue weighted by Crippen LogP contribution is -2.49. The van der Waals surface area contributed by atoms with Gasteiger partial charge in [0.05, 0.1) is 5.69 Å². The first kappa shape index (κ1) is 11.8. The SMILES string of the molecule is CN(C)c1cc[n+](-c2c([O-])c(=O)c2=O)cc1Br. The minimum absolute atomic E-state index is 0.0963. The van der Waals surface area contributed by atoms with Gasteiger partial charge in [-0.1, -0.05) is 0 Å². The van der Waals surface area contributed by atoms with Crippen molar-refractivity contribution in [3.05, 3.63) is 43.4 Å². The van der Waals surface area contributed by atoms with Gasteiger partial charge in [0.15, 0.2) is 12.4 Å². The molecular weight excluding hydrogens is 288 g/mol. The maximum atomic E-state index is 11.2. The molecule has 1 aromatic heterocycles. The molecule has 5 nitrogen and oxygen atoms in total. The smallest absolute Gasteiger partial charge is 0.296 e. The Morgan fingerprint density at radius 2 is 1.94 bits per heavy atom. The van der Waals surface area contributed by atoms with E-state index in [-0.39, 0.29) is 5.69 Å². The summed E-state index contributed by atoms with van der Waals surface area (Å²) in [5.74, 6) is -0.732. The summed E-state index contributed by atoms with van der Waals surface area (Å²) in [6, 6.07) is 1.75. The molecule has 2 rings (SSSR count). The Labute approximate surface area is 105 Å². The van der Waals surface area contributed by atoms with Crippen LogP contribution in [0.5, 0.6) is 5.75 Å². The van der Waals surface area contributed by atoms with Crippen molar-refractivity contribution in [1.29, 1.82) is 0 Å². The summed E-state index contributed by atoms with van der Waals surface area (Å²) >= 11 is 3.34. The third kappa shape index (κ3) is 1.74. The van der Waals surface area contributed by atoms with Crippen molar-refractivity contribution in [2.24, 2.45) is 0 Å². The van der Waals surface area contributed by atoms with Crippen LogP contribution in [-0.2, 0) is 0 Å². The Kier molecular flexibility index (Phi) is 2.74. The number of anilines is 1. The van der Waals surface area contributed by atoms with Crippen LogP contribution in [0.25, 0.3) is 5.69 Å². The quantitative estimate of drug-likeness (QED) is 0.552. The molecule has 0 spiro atoms. The van der Waals surface area contributed by atoms with Gasteiger partial charge < -0.3 is 10.0 Å². The lowest BCUT2D eigenvalue weighted by molar-refractivity contribution is -0.602. The zero-order chi connectivity index (χ0) is 12.7. The Balaban J connectivity index is 2.54. The Morgan fingerprint density at radius 1 is 1.29 bits per heavy atom. The lowest BCUT2D eigenvalue weighted by atomic mass is 10.2. The molecule has 17 heavy (non-hydrogen) atoms. The molecule has 1 aromatic carbocycles. The van der Waals surface area contributed by atoms with Gasteiger partial charge in [0.1, 0.15) is 4.47 Å². The fourth-order valence-corrected chi connectivity index (χ4v) is 2.26. The van der Waals surface area contributed by atoms with Gasteiger partial charge in [0.25, 0.3) is 11.1 Å². The molecule has 1 heterocycles.